The minimum atomic E-state index is -1.12. The number of furan rings is 1. The highest BCUT2D eigenvalue weighted by molar-refractivity contribution is 6.09. The number of nitrogens with zero attached hydrogens (tertiary/aromatic N) is 1. The quantitative estimate of drug-likeness (QED) is 0.482. The molecule has 1 fully saturated rings. The molecular weight excluding hydrogens is 424 g/mol. The van der Waals surface area contributed by atoms with Crippen molar-refractivity contribution in [1.82, 2.24) is 15.8 Å². The van der Waals surface area contributed by atoms with Crippen LogP contribution in [-0.4, -0.2) is 34.3 Å². The summed E-state index contributed by atoms with van der Waals surface area (Å²) in [5.74, 6) is -1.43. The van der Waals surface area contributed by atoms with E-state index in [4.69, 9.17) is 4.42 Å². The van der Waals surface area contributed by atoms with Crippen LogP contribution in [0.1, 0.15) is 39.8 Å². The van der Waals surface area contributed by atoms with Gasteiger partial charge in [0.15, 0.2) is 5.76 Å². The van der Waals surface area contributed by atoms with Crippen LogP contribution in [0.15, 0.2) is 77.4 Å². The molecule has 9 heteroatoms. The fourth-order valence-corrected chi connectivity index (χ4v) is 3.47. The molecule has 2 heterocycles. The van der Waals surface area contributed by atoms with E-state index in [1.807, 2.05) is 30.3 Å². The first-order chi connectivity index (χ1) is 15.9. The van der Waals surface area contributed by atoms with E-state index in [1.165, 1.54) is 36.6 Å². The van der Waals surface area contributed by atoms with Gasteiger partial charge in [-0.3, -0.25) is 19.8 Å². The number of urea groups is 1. The van der Waals surface area contributed by atoms with Gasteiger partial charge in [0.05, 0.1) is 6.26 Å². The van der Waals surface area contributed by atoms with Gasteiger partial charge in [0.25, 0.3) is 17.7 Å². The van der Waals surface area contributed by atoms with E-state index in [0.29, 0.717) is 23.5 Å². The molecule has 3 N–H and O–H groups in total. The summed E-state index contributed by atoms with van der Waals surface area (Å²) >= 11 is 0. The smallest absolute Gasteiger partial charge is 0.344 e. The second-order valence-corrected chi connectivity index (χ2v) is 7.84. The molecule has 0 aliphatic carbocycles. The van der Waals surface area contributed by atoms with Crippen molar-refractivity contribution < 1.29 is 23.6 Å². The largest absolute Gasteiger partial charge is 0.459 e. The number of nitrogens with one attached hydrogen (secondary N) is 3. The third kappa shape index (κ3) is 4.77. The summed E-state index contributed by atoms with van der Waals surface area (Å²) < 4.78 is 5.03. The summed E-state index contributed by atoms with van der Waals surface area (Å²) in [6, 6.07) is 18.1. The lowest BCUT2D eigenvalue weighted by atomic mass is 9.93. The highest BCUT2D eigenvalue weighted by atomic mass is 16.3. The van der Waals surface area contributed by atoms with Gasteiger partial charge in [-0.05, 0) is 61.7 Å². The fraction of sp³-hybridized carbons (Fsp3) is 0.167. The Kier molecular flexibility index (Phi) is 5.95. The normalized spacial score (nSPS) is 17.5. The third-order valence-electron chi connectivity index (χ3n) is 5.38. The molecule has 0 spiro atoms. The molecule has 1 aliphatic heterocycles. The Hall–Kier alpha value is -4.40. The summed E-state index contributed by atoms with van der Waals surface area (Å²) in [5, 5.41) is 6.02. The van der Waals surface area contributed by atoms with E-state index >= 15 is 0 Å². The molecule has 1 aromatic heterocycles. The highest BCUT2D eigenvalue weighted by Gasteiger charge is 2.48. The Morgan fingerprint density at radius 3 is 2.36 bits per heavy atom. The van der Waals surface area contributed by atoms with Crippen LogP contribution in [0, 0.1) is 0 Å². The average Bonchev–Trinajstić information content (AvgIpc) is 3.43. The predicted octanol–water partition coefficient (Wildman–Crippen LogP) is 3.12. The topological polar surface area (TPSA) is 121 Å². The predicted molar refractivity (Wildman–Crippen MR) is 119 cm³/mol. The Labute approximate surface area is 189 Å². The first kappa shape index (κ1) is 21.8. The molecule has 0 radical (unpaired) electrons. The Bertz CT molecular complexity index is 1180. The van der Waals surface area contributed by atoms with Crippen LogP contribution in [0.2, 0.25) is 0 Å². The zero-order chi connectivity index (χ0) is 23.4. The van der Waals surface area contributed by atoms with Crippen LogP contribution >= 0.6 is 0 Å². The van der Waals surface area contributed by atoms with Crippen molar-refractivity contribution in [3.8, 4) is 0 Å². The molecule has 3 aromatic rings. The van der Waals surface area contributed by atoms with Crippen molar-refractivity contribution in [2.75, 3.05) is 5.32 Å². The van der Waals surface area contributed by atoms with E-state index in [2.05, 4.69) is 16.1 Å². The molecule has 5 amide bonds. The number of hydrogen-bond acceptors (Lipinski definition) is 5. The summed E-state index contributed by atoms with van der Waals surface area (Å²) in [5.41, 5.74) is 2.95. The molecule has 1 atom stereocenters. The van der Waals surface area contributed by atoms with Gasteiger partial charge in [0.1, 0.15) is 5.54 Å². The van der Waals surface area contributed by atoms with Crippen molar-refractivity contribution in [1.29, 1.82) is 0 Å². The Morgan fingerprint density at radius 2 is 1.70 bits per heavy atom. The molecule has 0 bridgehead atoms. The summed E-state index contributed by atoms with van der Waals surface area (Å²) in [7, 11) is 0. The van der Waals surface area contributed by atoms with Gasteiger partial charge in [0.2, 0.25) is 0 Å². The van der Waals surface area contributed by atoms with E-state index in [9.17, 15) is 19.2 Å². The summed E-state index contributed by atoms with van der Waals surface area (Å²) in [6.07, 6.45) is 2.37. The molecule has 0 saturated carbocycles. The number of carbonyl (C=O) groups excluding carboxylic acids is 4. The standard InChI is InChI=1S/C24H22N4O5/c1-24(14-13-16-6-3-2-4-7-16)22(31)28(23(32)26-24)27-20(29)17-9-11-18(12-10-17)25-21(30)19-8-5-15-33-19/h2-12,15H,13-14H2,1H3,(H,25,30)(H,26,32)(H,27,29). The minimum Gasteiger partial charge on any atom is -0.459 e. The molecule has 168 valence electrons. The van der Waals surface area contributed by atoms with Gasteiger partial charge >= 0.3 is 6.03 Å². The van der Waals surface area contributed by atoms with Gasteiger partial charge in [-0.25, -0.2) is 4.79 Å². The molecule has 2 aromatic carbocycles. The van der Waals surface area contributed by atoms with Crippen LogP contribution in [-0.2, 0) is 11.2 Å². The maximum Gasteiger partial charge on any atom is 0.344 e. The molecule has 1 aliphatic rings. The fourth-order valence-electron chi connectivity index (χ4n) is 3.47. The number of aryl methyl sites for hydroxylation is 1. The van der Waals surface area contributed by atoms with Gasteiger partial charge < -0.3 is 15.1 Å². The maximum atomic E-state index is 12.9. The Morgan fingerprint density at radius 1 is 0.970 bits per heavy atom. The van der Waals surface area contributed by atoms with Crippen molar-refractivity contribution >= 4 is 29.4 Å². The van der Waals surface area contributed by atoms with Crippen molar-refractivity contribution in [2.45, 2.75) is 25.3 Å². The molecule has 4 rings (SSSR count). The number of anilines is 1. The molecule has 1 saturated heterocycles. The number of benzene rings is 2. The first-order valence-corrected chi connectivity index (χ1v) is 10.3. The van der Waals surface area contributed by atoms with Crippen LogP contribution in [0.5, 0.6) is 0 Å². The minimum absolute atomic E-state index is 0.158. The van der Waals surface area contributed by atoms with Gasteiger partial charge in [-0.1, -0.05) is 30.3 Å². The second-order valence-electron chi connectivity index (χ2n) is 7.84. The number of amides is 5. The van der Waals surface area contributed by atoms with E-state index in [-0.39, 0.29) is 11.3 Å². The van der Waals surface area contributed by atoms with Crippen LogP contribution in [0.4, 0.5) is 10.5 Å². The monoisotopic (exact) mass is 446 g/mol. The van der Waals surface area contributed by atoms with Gasteiger partial charge in [0, 0.05) is 11.3 Å². The lowest BCUT2D eigenvalue weighted by Gasteiger charge is -2.21. The van der Waals surface area contributed by atoms with Crippen LogP contribution < -0.4 is 16.1 Å². The SMILES string of the molecule is CC1(CCc2ccccc2)NC(=O)N(NC(=O)c2ccc(NC(=O)c3ccco3)cc2)C1=O. The zero-order valence-electron chi connectivity index (χ0n) is 17.8. The van der Waals surface area contributed by atoms with Crippen LogP contribution in [0.25, 0.3) is 0 Å². The zero-order valence-corrected chi connectivity index (χ0v) is 17.8. The van der Waals surface area contributed by atoms with E-state index in [1.54, 1.807) is 13.0 Å². The van der Waals surface area contributed by atoms with Crippen LogP contribution in [0.3, 0.4) is 0 Å². The number of carbonyl (C=O) groups is 4. The number of hydrazine groups is 1. The summed E-state index contributed by atoms with van der Waals surface area (Å²) in [6.45, 7) is 1.64. The highest BCUT2D eigenvalue weighted by Crippen LogP contribution is 2.22. The first-order valence-electron chi connectivity index (χ1n) is 10.3. The number of imide groups is 1. The van der Waals surface area contributed by atoms with Gasteiger partial charge in [-0.15, -0.1) is 0 Å². The van der Waals surface area contributed by atoms with Crippen molar-refractivity contribution in [3.05, 3.63) is 89.9 Å². The molecule has 9 nitrogen and oxygen atoms in total. The summed E-state index contributed by atoms with van der Waals surface area (Å²) in [4.78, 5) is 49.9. The maximum absolute atomic E-state index is 12.9. The number of hydrogen-bond donors (Lipinski definition) is 3. The van der Waals surface area contributed by atoms with Crippen molar-refractivity contribution in [2.24, 2.45) is 0 Å². The van der Waals surface area contributed by atoms with E-state index in [0.717, 1.165) is 5.56 Å². The average molecular weight is 446 g/mol. The number of rotatable bonds is 7. The molecule has 1 unspecified atom stereocenters. The lowest BCUT2D eigenvalue weighted by Crippen LogP contribution is -2.48. The third-order valence-corrected chi connectivity index (χ3v) is 5.38. The van der Waals surface area contributed by atoms with Gasteiger partial charge in [-0.2, -0.15) is 5.01 Å². The molecular formula is C24H22N4O5. The van der Waals surface area contributed by atoms with Crippen molar-refractivity contribution in [3.63, 3.8) is 0 Å². The molecule has 33 heavy (non-hydrogen) atoms. The Balaban J connectivity index is 1.37. The second kappa shape index (κ2) is 8.99. The lowest BCUT2D eigenvalue weighted by molar-refractivity contribution is -0.132. The van der Waals surface area contributed by atoms with E-state index < -0.39 is 29.3 Å².